The van der Waals surface area contributed by atoms with Crippen LogP contribution >= 0.6 is 0 Å². The molecule has 24 heavy (non-hydrogen) atoms. The van der Waals surface area contributed by atoms with E-state index in [-0.39, 0.29) is 5.91 Å². The van der Waals surface area contributed by atoms with Crippen LogP contribution in [-0.4, -0.2) is 21.3 Å². The Balaban J connectivity index is 1.86. The number of hydrogen-bond acceptors (Lipinski definition) is 3. The fraction of sp³-hybridized carbons (Fsp3) is 0.263. The van der Waals surface area contributed by atoms with E-state index in [9.17, 15) is 9.59 Å². The number of hydrogen-bond donors (Lipinski definition) is 0. The molecule has 5 heteroatoms. The second kappa shape index (κ2) is 4.84. The Morgan fingerprint density at radius 3 is 2.58 bits per heavy atom. The van der Waals surface area contributed by atoms with E-state index in [1.807, 2.05) is 48.9 Å². The number of aryl methyl sites for hydroxylation is 1. The Labute approximate surface area is 140 Å². The highest BCUT2D eigenvalue weighted by atomic mass is 16.5. The van der Waals surface area contributed by atoms with Crippen LogP contribution in [0.4, 0.5) is 0 Å². The number of carbonyl (C=O) groups excluding carboxylic acids is 2. The van der Waals surface area contributed by atoms with Crippen LogP contribution in [0.5, 0.6) is 0 Å². The molecule has 2 aliphatic rings. The number of aromatic nitrogens is 1. The molecule has 5 nitrogen and oxygen atoms in total. The first-order valence-electron chi connectivity index (χ1n) is 7.88. The monoisotopic (exact) mass is 322 g/mol. The Kier molecular flexibility index (Phi) is 2.97. The lowest BCUT2D eigenvalue weighted by molar-refractivity contribution is -0.145. The van der Waals surface area contributed by atoms with Crippen LogP contribution < -0.4 is 0 Å². The third kappa shape index (κ3) is 1.75. The Morgan fingerprint density at radius 1 is 1.21 bits per heavy atom. The van der Waals surface area contributed by atoms with E-state index in [1.54, 1.807) is 11.0 Å². The number of rotatable bonds is 2. The first-order valence-corrected chi connectivity index (χ1v) is 7.88. The summed E-state index contributed by atoms with van der Waals surface area (Å²) in [5.74, 6) is -0.162. The lowest BCUT2D eigenvalue weighted by atomic mass is 9.87. The van der Waals surface area contributed by atoms with Crippen molar-refractivity contribution in [2.45, 2.75) is 25.4 Å². The molecule has 1 amide bonds. The molecule has 2 aliphatic heterocycles. The molecule has 1 saturated heterocycles. The molecule has 1 spiro atoms. The predicted molar refractivity (Wildman–Crippen MR) is 88.0 cm³/mol. The maximum Gasteiger partial charge on any atom is 0.342 e. The number of ether oxygens (including phenoxy) is 1. The SMILES string of the molecule is C=C1CC2(C(=O)O1)c1ccccc1C(=O)N2Cc1ccc(C)n1C. The van der Waals surface area contributed by atoms with E-state index in [0.717, 1.165) is 11.4 Å². The molecule has 0 radical (unpaired) electrons. The standard InChI is InChI=1S/C19H18N2O3/c1-12-8-9-14(20(12)3)11-21-17(22)15-6-4-5-7-16(15)19(21)10-13(2)24-18(19)23/h4-9H,2,10-11H2,1,3H3. The molecule has 0 bridgehead atoms. The van der Waals surface area contributed by atoms with Crippen LogP contribution in [0.2, 0.25) is 0 Å². The Bertz CT molecular complexity index is 896. The lowest BCUT2D eigenvalue weighted by Gasteiger charge is -2.31. The van der Waals surface area contributed by atoms with Gasteiger partial charge in [-0.05, 0) is 25.1 Å². The second-order valence-corrected chi connectivity index (χ2v) is 6.43. The highest BCUT2D eigenvalue weighted by Gasteiger charge is 2.59. The smallest absolute Gasteiger partial charge is 0.342 e. The zero-order valence-electron chi connectivity index (χ0n) is 13.7. The molecular formula is C19H18N2O3. The van der Waals surface area contributed by atoms with E-state index in [1.165, 1.54) is 0 Å². The first-order chi connectivity index (χ1) is 11.4. The fourth-order valence-electron chi connectivity index (χ4n) is 3.71. The number of cyclic esters (lactones) is 1. The average molecular weight is 322 g/mol. The maximum absolute atomic E-state index is 13.0. The van der Waals surface area contributed by atoms with Crippen molar-refractivity contribution in [1.82, 2.24) is 9.47 Å². The van der Waals surface area contributed by atoms with Crippen LogP contribution in [0.1, 0.15) is 33.7 Å². The summed E-state index contributed by atoms with van der Waals surface area (Å²) in [5.41, 5.74) is 2.25. The molecule has 0 aliphatic carbocycles. The molecular weight excluding hydrogens is 304 g/mol. The van der Waals surface area contributed by atoms with Gasteiger partial charge in [0.05, 0.1) is 6.54 Å². The minimum atomic E-state index is -1.09. The Morgan fingerprint density at radius 2 is 1.96 bits per heavy atom. The van der Waals surface area contributed by atoms with Crippen LogP contribution in [0.25, 0.3) is 0 Å². The zero-order valence-corrected chi connectivity index (χ0v) is 13.7. The molecule has 3 heterocycles. The Hall–Kier alpha value is -2.82. The van der Waals surface area contributed by atoms with Gasteiger partial charge in [-0.1, -0.05) is 24.8 Å². The number of benzene rings is 1. The van der Waals surface area contributed by atoms with Gasteiger partial charge in [0.1, 0.15) is 5.76 Å². The number of fused-ring (bicyclic) bond motifs is 2. The van der Waals surface area contributed by atoms with Gasteiger partial charge in [-0.15, -0.1) is 0 Å². The molecule has 1 aromatic heterocycles. The summed E-state index contributed by atoms with van der Waals surface area (Å²) in [5, 5.41) is 0. The van der Waals surface area contributed by atoms with Gasteiger partial charge in [0.2, 0.25) is 0 Å². The van der Waals surface area contributed by atoms with Crippen LogP contribution in [0.15, 0.2) is 48.7 Å². The average Bonchev–Trinajstić information content (AvgIpc) is 3.12. The topological polar surface area (TPSA) is 51.5 Å². The van der Waals surface area contributed by atoms with Crippen LogP contribution in [-0.2, 0) is 28.7 Å². The number of esters is 1. The van der Waals surface area contributed by atoms with Gasteiger partial charge < -0.3 is 14.2 Å². The summed E-state index contributed by atoms with van der Waals surface area (Å²) < 4.78 is 7.30. The van der Waals surface area contributed by atoms with Gasteiger partial charge in [-0.2, -0.15) is 0 Å². The van der Waals surface area contributed by atoms with Gasteiger partial charge in [0, 0.05) is 36.0 Å². The molecule has 1 atom stereocenters. The third-order valence-corrected chi connectivity index (χ3v) is 5.13. The van der Waals surface area contributed by atoms with Crippen molar-refractivity contribution in [3.63, 3.8) is 0 Å². The zero-order chi connectivity index (χ0) is 17.1. The summed E-state index contributed by atoms with van der Waals surface area (Å²) in [6.07, 6.45) is 0.304. The lowest BCUT2D eigenvalue weighted by Crippen LogP contribution is -2.47. The maximum atomic E-state index is 13.0. The van der Waals surface area contributed by atoms with Gasteiger partial charge in [-0.3, -0.25) is 4.79 Å². The van der Waals surface area contributed by atoms with Crippen molar-refractivity contribution in [3.05, 3.63) is 71.3 Å². The molecule has 1 fully saturated rings. The van der Waals surface area contributed by atoms with Crippen molar-refractivity contribution in [3.8, 4) is 0 Å². The number of carbonyl (C=O) groups is 2. The van der Waals surface area contributed by atoms with E-state index in [4.69, 9.17) is 4.74 Å². The van der Waals surface area contributed by atoms with Crippen LogP contribution in [0.3, 0.4) is 0 Å². The van der Waals surface area contributed by atoms with Gasteiger partial charge in [-0.25, -0.2) is 4.79 Å². The molecule has 4 rings (SSSR count). The summed E-state index contributed by atoms with van der Waals surface area (Å²) in [7, 11) is 1.96. The van der Waals surface area contributed by atoms with Crippen molar-refractivity contribution in [1.29, 1.82) is 0 Å². The normalized spacial score (nSPS) is 22.4. The molecule has 0 saturated carbocycles. The molecule has 1 aromatic carbocycles. The van der Waals surface area contributed by atoms with Gasteiger partial charge in [0.25, 0.3) is 5.91 Å². The summed E-state index contributed by atoms with van der Waals surface area (Å²) in [6.45, 7) is 6.15. The van der Waals surface area contributed by atoms with Crippen molar-refractivity contribution in [2.24, 2.45) is 7.05 Å². The molecule has 2 aromatic rings. The van der Waals surface area contributed by atoms with Crippen LogP contribution in [0, 0.1) is 6.92 Å². The number of amides is 1. The van der Waals surface area contributed by atoms with E-state index in [0.29, 0.717) is 29.9 Å². The van der Waals surface area contributed by atoms with Crippen molar-refractivity contribution >= 4 is 11.9 Å². The minimum Gasteiger partial charge on any atom is -0.430 e. The predicted octanol–water partition coefficient (Wildman–Crippen LogP) is 2.65. The highest BCUT2D eigenvalue weighted by Crippen LogP contribution is 2.48. The summed E-state index contributed by atoms with van der Waals surface area (Å²) >= 11 is 0. The third-order valence-electron chi connectivity index (χ3n) is 5.13. The molecule has 0 N–H and O–H groups in total. The molecule has 1 unspecified atom stereocenters. The molecule has 122 valence electrons. The quantitative estimate of drug-likeness (QED) is 0.799. The van der Waals surface area contributed by atoms with Gasteiger partial charge >= 0.3 is 5.97 Å². The largest absolute Gasteiger partial charge is 0.430 e. The minimum absolute atomic E-state index is 0.142. The summed E-state index contributed by atoms with van der Waals surface area (Å²) in [4.78, 5) is 27.4. The van der Waals surface area contributed by atoms with E-state index < -0.39 is 11.5 Å². The first kappa shape index (κ1) is 14.8. The van der Waals surface area contributed by atoms with E-state index in [2.05, 4.69) is 6.58 Å². The fourth-order valence-corrected chi connectivity index (χ4v) is 3.71. The van der Waals surface area contributed by atoms with Crippen molar-refractivity contribution < 1.29 is 14.3 Å². The number of nitrogens with zero attached hydrogens (tertiary/aromatic N) is 2. The van der Waals surface area contributed by atoms with E-state index >= 15 is 0 Å². The van der Waals surface area contributed by atoms with Gasteiger partial charge in [0.15, 0.2) is 5.54 Å². The second-order valence-electron chi connectivity index (χ2n) is 6.43. The highest BCUT2D eigenvalue weighted by molar-refractivity contribution is 6.06. The summed E-state index contributed by atoms with van der Waals surface area (Å²) in [6, 6.07) is 11.2. The van der Waals surface area contributed by atoms with Crippen molar-refractivity contribution in [2.75, 3.05) is 0 Å².